The Balaban J connectivity index is 2.94. The lowest BCUT2D eigenvalue weighted by Gasteiger charge is -2.21. The van der Waals surface area contributed by atoms with Crippen molar-refractivity contribution >= 4 is 0 Å². The van der Waals surface area contributed by atoms with Crippen molar-refractivity contribution in [2.45, 2.75) is 59.3 Å². The molecule has 0 aliphatic rings. The third-order valence-electron chi connectivity index (χ3n) is 3.02. The monoisotopic (exact) mass is 220 g/mol. The molecule has 90 valence electrons. The summed E-state index contributed by atoms with van der Waals surface area (Å²) in [6.45, 7) is 13.2. The van der Waals surface area contributed by atoms with Crippen LogP contribution in [0.2, 0.25) is 0 Å². The van der Waals surface area contributed by atoms with Gasteiger partial charge in [0, 0.05) is 17.8 Å². The first-order valence-electron chi connectivity index (χ1n) is 6.18. The molecule has 0 amide bonds. The molecule has 1 heterocycles. The van der Waals surface area contributed by atoms with E-state index in [9.17, 15) is 0 Å². The first-order valence-corrected chi connectivity index (χ1v) is 6.18. The van der Waals surface area contributed by atoms with Crippen molar-refractivity contribution in [1.82, 2.24) is 9.97 Å². The second-order valence-corrected chi connectivity index (χ2v) is 5.85. The van der Waals surface area contributed by atoms with Crippen LogP contribution in [0.3, 0.4) is 0 Å². The third kappa shape index (κ3) is 3.03. The molecule has 0 aliphatic carbocycles. The van der Waals surface area contributed by atoms with Crippen LogP contribution in [-0.2, 0) is 5.41 Å². The van der Waals surface area contributed by atoms with Crippen molar-refractivity contribution in [3.8, 4) is 0 Å². The second kappa shape index (κ2) is 4.94. The molecule has 1 unspecified atom stereocenters. The molecule has 2 nitrogen and oxygen atoms in total. The van der Waals surface area contributed by atoms with Gasteiger partial charge in [-0.1, -0.05) is 41.5 Å². The predicted octanol–water partition coefficient (Wildman–Crippen LogP) is 3.92. The number of hydrogen-bond donors (Lipinski definition) is 0. The van der Waals surface area contributed by atoms with Crippen LogP contribution in [0, 0.1) is 5.92 Å². The Kier molecular flexibility index (Phi) is 4.06. The fourth-order valence-electron chi connectivity index (χ4n) is 2.01. The van der Waals surface area contributed by atoms with Crippen molar-refractivity contribution in [3.05, 3.63) is 23.8 Å². The molecular formula is C14H24N2. The van der Waals surface area contributed by atoms with Gasteiger partial charge in [-0.3, -0.25) is 0 Å². The maximum Gasteiger partial charge on any atom is 0.133 e. The molecule has 0 saturated carbocycles. The van der Waals surface area contributed by atoms with E-state index in [2.05, 4.69) is 51.5 Å². The lowest BCUT2D eigenvalue weighted by Crippen LogP contribution is -2.17. The van der Waals surface area contributed by atoms with Crippen molar-refractivity contribution < 1.29 is 0 Å². The number of aromatic nitrogens is 2. The molecule has 0 aromatic carbocycles. The van der Waals surface area contributed by atoms with E-state index >= 15 is 0 Å². The van der Waals surface area contributed by atoms with Gasteiger partial charge >= 0.3 is 0 Å². The van der Waals surface area contributed by atoms with E-state index in [4.69, 9.17) is 0 Å². The molecule has 0 spiro atoms. The molecule has 1 rings (SSSR count). The molecule has 0 aliphatic heterocycles. The summed E-state index contributed by atoms with van der Waals surface area (Å²) in [5.41, 5.74) is 1.31. The Bertz CT molecular complexity index is 320. The number of nitrogens with zero attached hydrogens (tertiary/aromatic N) is 2. The Hall–Kier alpha value is -0.920. The van der Waals surface area contributed by atoms with Gasteiger partial charge in [0.2, 0.25) is 0 Å². The highest BCUT2D eigenvalue weighted by molar-refractivity contribution is 5.14. The molecular weight excluding hydrogens is 196 g/mol. The van der Waals surface area contributed by atoms with Crippen molar-refractivity contribution in [1.29, 1.82) is 0 Å². The highest BCUT2D eigenvalue weighted by atomic mass is 14.9. The van der Waals surface area contributed by atoms with Crippen LogP contribution in [0.5, 0.6) is 0 Å². The van der Waals surface area contributed by atoms with E-state index in [0.717, 1.165) is 12.2 Å². The van der Waals surface area contributed by atoms with E-state index in [-0.39, 0.29) is 5.41 Å². The molecule has 0 saturated heterocycles. The van der Waals surface area contributed by atoms with Gasteiger partial charge in [-0.2, -0.15) is 0 Å². The molecule has 0 radical (unpaired) electrons. The zero-order valence-corrected chi connectivity index (χ0v) is 11.4. The van der Waals surface area contributed by atoms with Gasteiger partial charge in [0.05, 0.1) is 0 Å². The lowest BCUT2D eigenvalue weighted by atomic mass is 9.88. The van der Waals surface area contributed by atoms with E-state index < -0.39 is 0 Å². The van der Waals surface area contributed by atoms with Crippen molar-refractivity contribution in [2.75, 3.05) is 0 Å². The molecule has 2 heteroatoms. The lowest BCUT2D eigenvalue weighted by molar-refractivity contribution is 0.478. The van der Waals surface area contributed by atoms with Crippen LogP contribution in [-0.4, -0.2) is 9.97 Å². The van der Waals surface area contributed by atoms with Gasteiger partial charge in [-0.25, -0.2) is 9.97 Å². The smallest absolute Gasteiger partial charge is 0.133 e. The van der Waals surface area contributed by atoms with Crippen molar-refractivity contribution in [2.24, 2.45) is 5.92 Å². The van der Waals surface area contributed by atoms with E-state index in [1.165, 1.54) is 5.56 Å². The minimum absolute atomic E-state index is 0.0398. The standard InChI is InChI=1S/C14H24N2/c1-7-12(10(2)3)11-8-15-13(16-9-11)14(4,5)6/h8-10,12H,7H2,1-6H3. The van der Waals surface area contributed by atoms with Gasteiger partial charge in [0.25, 0.3) is 0 Å². The minimum Gasteiger partial charge on any atom is -0.241 e. The molecule has 0 fully saturated rings. The summed E-state index contributed by atoms with van der Waals surface area (Å²) in [5.74, 6) is 2.15. The highest BCUT2D eigenvalue weighted by Gasteiger charge is 2.19. The zero-order valence-electron chi connectivity index (χ0n) is 11.4. The Morgan fingerprint density at radius 3 is 1.94 bits per heavy atom. The van der Waals surface area contributed by atoms with Crippen LogP contribution in [0.25, 0.3) is 0 Å². The van der Waals surface area contributed by atoms with E-state index in [1.807, 2.05) is 12.4 Å². The third-order valence-corrected chi connectivity index (χ3v) is 3.02. The average Bonchev–Trinajstić information content (AvgIpc) is 2.17. The largest absolute Gasteiger partial charge is 0.241 e. The quantitative estimate of drug-likeness (QED) is 0.771. The molecule has 0 N–H and O–H groups in total. The summed E-state index contributed by atoms with van der Waals surface area (Å²) in [6, 6.07) is 0. The maximum absolute atomic E-state index is 4.49. The van der Waals surface area contributed by atoms with Gasteiger partial charge in [0.15, 0.2) is 0 Å². The summed E-state index contributed by atoms with van der Waals surface area (Å²) in [4.78, 5) is 8.98. The first kappa shape index (κ1) is 13.1. The molecule has 1 aromatic rings. The van der Waals surface area contributed by atoms with Crippen LogP contribution >= 0.6 is 0 Å². The number of rotatable bonds is 3. The molecule has 1 aromatic heterocycles. The van der Waals surface area contributed by atoms with Gasteiger partial charge < -0.3 is 0 Å². The van der Waals surface area contributed by atoms with Crippen LogP contribution in [0.4, 0.5) is 0 Å². The van der Waals surface area contributed by atoms with Gasteiger partial charge in [-0.15, -0.1) is 0 Å². The fourth-order valence-corrected chi connectivity index (χ4v) is 2.01. The molecule has 0 bridgehead atoms. The summed E-state index contributed by atoms with van der Waals surface area (Å²) in [6.07, 6.45) is 5.15. The highest BCUT2D eigenvalue weighted by Crippen LogP contribution is 2.27. The zero-order chi connectivity index (χ0) is 12.3. The predicted molar refractivity (Wildman–Crippen MR) is 68.6 cm³/mol. The van der Waals surface area contributed by atoms with E-state index in [1.54, 1.807) is 0 Å². The minimum atomic E-state index is 0.0398. The average molecular weight is 220 g/mol. The number of hydrogen-bond acceptors (Lipinski definition) is 2. The van der Waals surface area contributed by atoms with Crippen LogP contribution in [0.1, 0.15) is 65.3 Å². The normalized spacial score (nSPS) is 14.2. The topological polar surface area (TPSA) is 25.8 Å². The van der Waals surface area contributed by atoms with Gasteiger partial charge in [-0.05, 0) is 23.8 Å². The fraction of sp³-hybridized carbons (Fsp3) is 0.714. The van der Waals surface area contributed by atoms with E-state index in [0.29, 0.717) is 11.8 Å². The van der Waals surface area contributed by atoms with Crippen molar-refractivity contribution in [3.63, 3.8) is 0 Å². The van der Waals surface area contributed by atoms with Crippen LogP contribution in [0.15, 0.2) is 12.4 Å². The van der Waals surface area contributed by atoms with Crippen LogP contribution < -0.4 is 0 Å². The SMILES string of the molecule is CCC(c1cnc(C(C)(C)C)nc1)C(C)C. The van der Waals surface area contributed by atoms with Gasteiger partial charge in [0.1, 0.15) is 5.82 Å². The molecule has 1 atom stereocenters. The Morgan fingerprint density at radius 1 is 1.12 bits per heavy atom. The summed E-state index contributed by atoms with van der Waals surface area (Å²) >= 11 is 0. The summed E-state index contributed by atoms with van der Waals surface area (Å²) in [7, 11) is 0. The maximum atomic E-state index is 4.49. The summed E-state index contributed by atoms with van der Waals surface area (Å²) in [5, 5.41) is 0. The molecule has 16 heavy (non-hydrogen) atoms. The Morgan fingerprint density at radius 2 is 1.62 bits per heavy atom. The Labute approximate surface area is 99.5 Å². The first-order chi connectivity index (χ1) is 7.36. The summed E-state index contributed by atoms with van der Waals surface area (Å²) < 4.78 is 0. The second-order valence-electron chi connectivity index (χ2n) is 5.85.